The van der Waals surface area contributed by atoms with Crippen LogP contribution in [0.3, 0.4) is 0 Å². The predicted octanol–water partition coefficient (Wildman–Crippen LogP) is -0.938. The van der Waals surface area contributed by atoms with Gasteiger partial charge in [-0.3, -0.25) is 0 Å². The number of hydrogen-bond donors (Lipinski definition) is 1. The Kier molecular flexibility index (Phi) is 1.18. The van der Waals surface area contributed by atoms with E-state index in [9.17, 15) is 4.79 Å². The summed E-state index contributed by atoms with van der Waals surface area (Å²) in [5.74, 6) is -0.513. The summed E-state index contributed by atoms with van der Waals surface area (Å²) in [6, 6.07) is 0. The zero-order chi connectivity index (χ0) is 7.14. The molecule has 1 N–H and O–H groups in total. The molecule has 0 amide bonds. The lowest BCUT2D eigenvalue weighted by molar-refractivity contribution is -0.147. The average Bonchev–Trinajstić information content (AvgIpc) is 2.64. The SMILES string of the molecule is O=C1O[C@H]([C@H]2CO2)C[C@@H]1O. The second-order valence-corrected chi connectivity index (χ2v) is 2.60. The highest BCUT2D eigenvalue weighted by Crippen LogP contribution is 2.26. The van der Waals surface area contributed by atoms with Crippen molar-refractivity contribution in [2.45, 2.75) is 24.7 Å². The molecule has 10 heavy (non-hydrogen) atoms. The van der Waals surface area contributed by atoms with E-state index in [1.165, 1.54) is 0 Å². The van der Waals surface area contributed by atoms with E-state index < -0.39 is 12.1 Å². The Morgan fingerprint density at radius 1 is 1.50 bits per heavy atom. The topological polar surface area (TPSA) is 59.1 Å². The standard InChI is InChI=1S/C6H8O4/c7-3-1-4(5-2-9-5)10-6(3)8/h3-5,7H,1-2H2/t3-,4-,5+/m0/s1. The summed E-state index contributed by atoms with van der Waals surface area (Å²) in [4.78, 5) is 10.6. The van der Waals surface area contributed by atoms with Crippen LogP contribution in [-0.4, -0.2) is 36.0 Å². The monoisotopic (exact) mass is 144 g/mol. The molecule has 4 nitrogen and oxygen atoms in total. The molecule has 0 aromatic rings. The fraction of sp³-hybridized carbons (Fsp3) is 0.833. The van der Waals surface area contributed by atoms with Gasteiger partial charge >= 0.3 is 5.97 Å². The van der Waals surface area contributed by atoms with E-state index in [1.807, 2.05) is 0 Å². The van der Waals surface area contributed by atoms with E-state index in [4.69, 9.17) is 14.6 Å². The van der Waals surface area contributed by atoms with Crippen LogP contribution in [0.25, 0.3) is 0 Å². The first-order chi connectivity index (χ1) is 4.77. The van der Waals surface area contributed by atoms with Crippen molar-refractivity contribution in [2.24, 2.45) is 0 Å². The second-order valence-electron chi connectivity index (χ2n) is 2.60. The third kappa shape index (κ3) is 0.892. The number of ether oxygens (including phenoxy) is 2. The van der Waals surface area contributed by atoms with E-state index in [0.29, 0.717) is 13.0 Å². The van der Waals surface area contributed by atoms with Crippen molar-refractivity contribution < 1.29 is 19.4 Å². The molecule has 2 saturated heterocycles. The van der Waals surface area contributed by atoms with Crippen LogP contribution in [0, 0.1) is 0 Å². The third-order valence-electron chi connectivity index (χ3n) is 1.77. The minimum atomic E-state index is -0.922. The van der Waals surface area contributed by atoms with Crippen molar-refractivity contribution in [3.63, 3.8) is 0 Å². The molecular weight excluding hydrogens is 136 g/mol. The number of aliphatic hydroxyl groups is 1. The molecule has 2 aliphatic rings. The molecule has 0 saturated carbocycles. The number of aliphatic hydroxyl groups excluding tert-OH is 1. The Bertz CT molecular complexity index is 163. The lowest BCUT2D eigenvalue weighted by Crippen LogP contribution is -2.13. The Hall–Kier alpha value is -0.610. The number of carbonyl (C=O) groups excluding carboxylic acids is 1. The fourth-order valence-corrected chi connectivity index (χ4v) is 1.09. The van der Waals surface area contributed by atoms with Gasteiger partial charge in [0.25, 0.3) is 0 Å². The number of rotatable bonds is 1. The third-order valence-corrected chi connectivity index (χ3v) is 1.77. The summed E-state index contributed by atoms with van der Waals surface area (Å²) >= 11 is 0. The van der Waals surface area contributed by atoms with Crippen molar-refractivity contribution >= 4 is 5.97 Å². The number of esters is 1. The molecule has 0 aromatic heterocycles. The van der Waals surface area contributed by atoms with Gasteiger partial charge in [0, 0.05) is 6.42 Å². The van der Waals surface area contributed by atoms with Crippen molar-refractivity contribution in [2.75, 3.05) is 6.61 Å². The maximum absolute atomic E-state index is 10.6. The molecule has 0 spiro atoms. The molecule has 0 aliphatic carbocycles. The van der Waals surface area contributed by atoms with Gasteiger partial charge in [-0.05, 0) is 0 Å². The van der Waals surface area contributed by atoms with Gasteiger partial charge in [-0.25, -0.2) is 4.79 Å². The van der Waals surface area contributed by atoms with Gasteiger partial charge in [0.05, 0.1) is 6.61 Å². The van der Waals surface area contributed by atoms with Crippen LogP contribution < -0.4 is 0 Å². The fourth-order valence-electron chi connectivity index (χ4n) is 1.09. The maximum atomic E-state index is 10.6. The van der Waals surface area contributed by atoms with Crippen LogP contribution in [0.15, 0.2) is 0 Å². The van der Waals surface area contributed by atoms with Gasteiger partial charge < -0.3 is 14.6 Å². The van der Waals surface area contributed by atoms with E-state index in [0.717, 1.165) is 0 Å². The molecule has 56 valence electrons. The van der Waals surface area contributed by atoms with Crippen LogP contribution in [-0.2, 0) is 14.3 Å². The largest absolute Gasteiger partial charge is 0.457 e. The molecule has 0 bridgehead atoms. The van der Waals surface area contributed by atoms with Gasteiger partial charge in [-0.15, -0.1) is 0 Å². The van der Waals surface area contributed by atoms with Gasteiger partial charge in [-0.2, -0.15) is 0 Å². The zero-order valence-corrected chi connectivity index (χ0v) is 5.32. The van der Waals surface area contributed by atoms with E-state index in [1.54, 1.807) is 0 Å². The normalized spacial score (nSPS) is 45.3. The van der Waals surface area contributed by atoms with Crippen LogP contribution in [0.4, 0.5) is 0 Å². The first-order valence-electron chi connectivity index (χ1n) is 3.27. The molecule has 2 aliphatic heterocycles. The first-order valence-corrected chi connectivity index (χ1v) is 3.27. The number of carbonyl (C=O) groups is 1. The van der Waals surface area contributed by atoms with Crippen LogP contribution >= 0.6 is 0 Å². The summed E-state index contributed by atoms with van der Waals surface area (Å²) in [7, 11) is 0. The lowest BCUT2D eigenvalue weighted by atomic mass is 10.2. The minimum absolute atomic E-state index is 0.0566. The van der Waals surface area contributed by atoms with Crippen molar-refractivity contribution in [1.82, 2.24) is 0 Å². The van der Waals surface area contributed by atoms with Crippen molar-refractivity contribution in [3.8, 4) is 0 Å². The molecule has 2 fully saturated rings. The molecule has 2 heterocycles. The van der Waals surface area contributed by atoms with Gasteiger partial charge in [0.2, 0.25) is 0 Å². The van der Waals surface area contributed by atoms with Gasteiger partial charge in [-0.1, -0.05) is 0 Å². The van der Waals surface area contributed by atoms with Crippen molar-refractivity contribution in [1.29, 1.82) is 0 Å². The lowest BCUT2D eigenvalue weighted by Gasteiger charge is -2.01. The quantitative estimate of drug-likeness (QED) is 0.381. The maximum Gasteiger partial charge on any atom is 0.335 e. The Balaban J connectivity index is 1.97. The molecule has 0 aromatic carbocycles. The van der Waals surface area contributed by atoms with Crippen LogP contribution in [0.2, 0.25) is 0 Å². The predicted molar refractivity (Wildman–Crippen MR) is 30.2 cm³/mol. The summed E-state index contributed by atoms with van der Waals surface area (Å²) in [5, 5.41) is 8.91. The van der Waals surface area contributed by atoms with E-state index in [-0.39, 0.29) is 12.2 Å². The number of epoxide rings is 1. The summed E-state index contributed by atoms with van der Waals surface area (Å²) in [5.41, 5.74) is 0. The number of cyclic esters (lactones) is 1. The van der Waals surface area contributed by atoms with E-state index >= 15 is 0 Å². The van der Waals surface area contributed by atoms with Gasteiger partial charge in [0.1, 0.15) is 12.2 Å². The Labute approximate surface area is 57.7 Å². The van der Waals surface area contributed by atoms with Crippen LogP contribution in [0.5, 0.6) is 0 Å². The molecule has 0 unspecified atom stereocenters. The Morgan fingerprint density at radius 3 is 2.60 bits per heavy atom. The van der Waals surface area contributed by atoms with Crippen molar-refractivity contribution in [3.05, 3.63) is 0 Å². The Morgan fingerprint density at radius 2 is 2.20 bits per heavy atom. The highest BCUT2D eigenvalue weighted by atomic mass is 16.6. The van der Waals surface area contributed by atoms with Crippen LogP contribution in [0.1, 0.15) is 6.42 Å². The number of hydrogen-bond acceptors (Lipinski definition) is 4. The highest BCUT2D eigenvalue weighted by Gasteiger charge is 2.43. The summed E-state index contributed by atoms with van der Waals surface area (Å²) < 4.78 is 9.68. The molecule has 4 heteroatoms. The molecule has 0 radical (unpaired) electrons. The second kappa shape index (κ2) is 1.93. The summed E-state index contributed by atoms with van der Waals surface area (Å²) in [6.07, 6.45) is -0.665. The molecular formula is C6H8O4. The smallest absolute Gasteiger partial charge is 0.335 e. The average molecular weight is 144 g/mol. The molecule has 2 rings (SSSR count). The highest BCUT2D eigenvalue weighted by molar-refractivity contribution is 5.76. The molecule has 3 atom stereocenters. The van der Waals surface area contributed by atoms with E-state index in [2.05, 4.69) is 0 Å². The van der Waals surface area contributed by atoms with Gasteiger partial charge in [0.15, 0.2) is 6.10 Å². The minimum Gasteiger partial charge on any atom is -0.457 e. The summed E-state index contributed by atoms with van der Waals surface area (Å²) in [6.45, 7) is 0.657. The first kappa shape index (κ1) is 6.12. The zero-order valence-electron chi connectivity index (χ0n) is 5.32.